The summed E-state index contributed by atoms with van der Waals surface area (Å²) in [6.45, 7) is 1.44. The first-order chi connectivity index (χ1) is 8.28. The van der Waals surface area contributed by atoms with E-state index in [1.165, 1.54) is 13.1 Å². The zero-order chi connectivity index (χ0) is 13.8. The van der Waals surface area contributed by atoms with Gasteiger partial charge in [-0.1, -0.05) is 0 Å². The Labute approximate surface area is 106 Å². The van der Waals surface area contributed by atoms with Crippen molar-refractivity contribution < 1.29 is 18.0 Å². The van der Waals surface area contributed by atoms with Gasteiger partial charge < -0.3 is 5.32 Å². The number of alkyl halides is 3. The molecule has 0 fully saturated rings. The molecule has 1 atom stereocenters. The zero-order valence-electron chi connectivity index (χ0n) is 9.33. The molecule has 0 spiro atoms. The van der Waals surface area contributed by atoms with Crippen molar-refractivity contribution in [2.24, 2.45) is 0 Å². The van der Waals surface area contributed by atoms with Gasteiger partial charge in [0.1, 0.15) is 5.82 Å². The molecule has 0 saturated heterocycles. The van der Waals surface area contributed by atoms with E-state index in [1.54, 1.807) is 0 Å². The van der Waals surface area contributed by atoms with Crippen molar-refractivity contribution in [2.75, 3.05) is 5.32 Å². The lowest BCUT2D eigenvalue weighted by molar-refractivity contribution is -0.143. The van der Waals surface area contributed by atoms with Crippen LogP contribution in [-0.2, 0) is 4.79 Å². The van der Waals surface area contributed by atoms with Crippen molar-refractivity contribution in [2.45, 2.75) is 32.0 Å². The van der Waals surface area contributed by atoms with Gasteiger partial charge >= 0.3 is 6.18 Å². The molecular formula is C9H10ClF3N4O. The van der Waals surface area contributed by atoms with E-state index >= 15 is 0 Å². The lowest BCUT2D eigenvalue weighted by atomic mass is 10.1. The number of carbonyl (C=O) groups is 1. The number of rotatable bonds is 5. The van der Waals surface area contributed by atoms with Crippen molar-refractivity contribution in [3.8, 4) is 0 Å². The molecule has 0 radical (unpaired) electrons. The van der Waals surface area contributed by atoms with Crippen LogP contribution in [0.2, 0.25) is 5.28 Å². The number of aromatic nitrogens is 3. The topological polar surface area (TPSA) is 67.8 Å². The Morgan fingerprint density at radius 1 is 1.56 bits per heavy atom. The van der Waals surface area contributed by atoms with Gasteiger partial charge in [0.25, 0.3) is 0 Å². The summed E-state index contributed by atoms with van der Waals surface area (Å²) in [7, 11) is 0. The van der Waals surface area contributed by atoms with E-state index in [-0.39, 0.29) is 11.1 Å². The summed E-state index contributed by atoms with van der Waals surface area (Å²) in [5, 5.41) is 9.36. The first-order valence-electron chi connectivity index (χ1n) is 4.99. The predicted octanol–water partition coefficient (Wildman–Crippen LogP) is 2.24. The van der Waals surface area contributed by atoms with Crippen LogP contribution in [0.4, 0.5) is 19.0 Å². The molecule has 0 unspecified atom stereocenters. The minimum absolute atomic E-state index is 0.116. The standard InChI is InChI=1S/C9H10ClF3N4O/c1-5(6(18)2-3-9(11,12)13)15-7-4-14-17-8(10)16-7/h4-5H,2-3H2,1H3,(H,15,16,17)/t5-/m1/s1. The Kier molecular flexibility index (Phi) is 4.83. The highest BCUT2D eigenvalue weighted by Crippen LogP contribution is 2.22. The smallest absolute Gasteiger partial charge is 0.359 e. The van der Waals surface area contributed by atoms with Gasteiger partial charge in [-0.25, -0.2) is 0 Å². The van der Waals surface area contributed by atoms with Crippen molar-refractivity contribution in [3.05, 3.63) is 11.5 Å². The maximum atomic E-state index is 11.9. The molecule has 0 bridgehead atoms. The highest BCUT2D eigenvalue weighted by Gasteiger charge is 2.29. The fourth-order valence-corrected chi connectivity index (χ4v) is 1.27. The summed E-state index contributed by atoms with van der Waals surface area (Å²) >= 11 is 5.47. The molecule has 0 aliphatic heterocycles. The van der Waals surface area contributed by atoms with E-state index in [9.17, 15) is 18.0 Å². The van der Waals surface area contributed by atoms with Gasteiger partial charge in [0.2, 0.25) is 5.28 Å². The van der Waals surface area contributed by atoms with E-state index in [0.717, 1.165) is 0 Å². The average molecular weight is 283 g/mol. The second kappa shape index (κ2) is 5.94. The van der Waals surface area contributed by atoms with Crippen LogP contribution in [0.25, 0.3) is 0 Å². The number of nitrogens with one attached hydrogen (secondary N) is 1. The van der Waals surface area contributed by atoms with Gasteiger partial charge in [-0.3, -0.25) is 4.79 Å². The van der Waals surface area contributed by atoms with Crippen molar-refractivity contribution in [3.63, 3.8) is 0 Å². The summed E-state index contributed by atoms with van der Waals surface area (Å²) in [5.74, 6) is -0.384. The van der Waals surface area contributed by atoms with Gasteiger partial charge in [-0.2, -0.15) is 23.3 Å². The first-order valence-corrected chi connectivity index (χ1v) is 5.37. The fourth-order valence-electron chi connectivity index (χ4n) is 1.14. The highest BCUT2D eigenvalue weighted by atomic mass is 35.5. The predicted molar refractivity (Wildman–Crippen MR) is 58.2 cm³/mol. The molecule has 1 aromatic heterocycles. The molecule has 1 heterocycles. The largest absolute Gasteiger partial charge is 0.389 e. The van der Waals surface area contributed by atoms with Gasteiger partial charge in [0, 0.05) is 6.42 Å². The lowest BCUT2D eigenvalue weighted by Gasteiger charge is -2.13. The Hall–Kier alpha value is -1.44. The normalized spacial score (nSPS) is 13.2. The van der Waals surface area contributed by atoms with Crippen LogP contribution < -0.4 is 5.32 Å². The Morgan fingerprint density at radius 3 is 2.78 bits per heavy atom. The second-order valence-corrected chi connectivity index (χ2v) is 3.90. The third-order valence-electron chi connectivity index (χ3n) is 2.04. The molecule has 1 rings (SSSR count). The van der Waals surface area contributed by atoms with E-state index in [4.69, 9.17) is 11.6 Å². The number of nitrogens with zero attached hydrogens (tertiary/aromatic N) is 3. The average Bonchev–Trinajstić information content (AvgIpc) is 2.24. The summed E-state index contributed by atoms with van der Waals surface area (Å²) in [5.41, 5.74) is 0. The summed E-state index contributed by atoms with van der Waals surface area (Å²) < 4.78 is 35.8. The maximum absolute atomic E-state index is 11.9. The summed E-state index contributed by atoms with van der Waals surface area (Å²) in [6.07, 6.45) is -4.83. The molecule has 100 valence electrons. The van der Waals surface area contributed by atoms with E-state index in [0.29, 0.717) is 0 Å². The summed E-state index contributed by atoms with van der Waals surface area (Å²) in [4.78, 5) is 15.1. The molecule has 0 saturated carbocycles. The second-order valence-electron chi connectivity index (χ2n) is 3.56. The first kappa shape index (κ1) is 14.6. The third kappa shape index (κ3) is 5.26. The van der Waals surface area contributed by atoms with Gasteiger partial charge in [0.05, 0.1) is 18.7 Å². The van der Waals surface area contributed by atoms with E-state index in [2.05, 4.69) is 20.5 Å². The molecule has 9 heteroatoms. The number of hydrogen-bond donors (Lipinski definition) is 1. The fraction of sp³-hybridized carbons (Fsp3) is 0.556. The van der Waals surface area contributed by atoms with Crippen LogP contribution in [0.5, 0.6) is 0 Å². The molecule has 0 aromatic carbocycles. The number of anilines is 1. The van der Waals surface area contributed by atoms with Crippen LogP contribution in [0.15, 0.2) is 6.20 Å². The number of ketones is 1. The molecule has 1 N–H and O–H groups in total. The molecule has 0 amide bonds. The van der Waals surface area contributed by atoms with Crippen molar-refractivity contribution >= 4 is 23.2 Å². The van der Waals surface area contributed by atoms with Crippen molar-refractivity contribution in [1.29, 1.82) is 0 Å². The summed E-state index contributed by atoms with van der Waals surface area (Å²) in [6, 6.07) is -0.805. The van der Waals surface area contributed by atoms with Gasteiger partial charge in [-0.05, 0) is 18.5 Å². The number of hydrogen-bond acceptors (Lipinski definition) is 5. The van der Waals surface area contributed by atoms with Crippen molar-refractivity contribution in [1.82, 2.24) is 15.2 Å². The van der Waals surface area contributed by atoms with Gasteiger partial charge in [-0.15, -0.1) is 5.10 Å². The van der Waals surface area contributed by atoms with Crippen LogP contribution in [0, 0.1) is 0 Å². The highest BCUT2D eigenvalue weighted by molar-refractivity contribution is 6.28. The van der Waals surface area contributed by atoms with E-state index < -0.39 is 30.8 Å². The molecule has 18 heavy (non-hydrogen) atoms. The molecule has 0 aliphatic rings. The Balaban J connectivity index is 2.50. The number of carbonyl (C=O) groups excluding carboxylic acids is 1. The van der Waals surface area contributed by atoms with Gasteiger partial charge in [0.15, 0.2) is 5.78 Å². The van der Waals surface area contributed by atoms with Crippen LogP contribution in [0.1, 0.15) is 19.8 Å². The Morgan fingerprint density at radius 2 is 2.22 bits per heavy atom. The quantitative estimate of drug-likeness (QED) is 0.897. The zero-order valence-corrected chi connectivity index (χ0v) is 10.1. The maximum Gasteiger partial charge on any atom is 0.389 e. The SMILES string of the molecule is C[C@@H](Nc1cnnc(Cl)n1)C(=O)CCC(F)(F)F. The molecule has 1 aromatic rings. The monoisotopic (exact) mass is 282 g/mol. The number of Topliss-reactive ketones (excluding diaryl/α,β-unsaturated/α-hetero) is 1. The number of halogens is 4. The van der Waals surface area contributed by atoms with Crippen LogP contribution >= 0.6 is 11.6 Å². The lowest BCUT2D eigenvalue weighted by Crippen LogP contribution is -2.27. The minimum Gasteiger partial charge on any atom is -0.359 e. The van der Waals surface area contributed by atoms with Crippen LogP contribution in [0.3, 0.4) is 0 Å². The molecule has 0 aliphatic carbocycles. The van der Waals surface area contributed by atoms with E-state index in [1.807, 2.05) is 0 Å². The minimum atomic E-state index is -4.34. The third-order valence-corrected chi connectivity index (χ3v) is 2.20. The Bertz CT molecular complexity index is 427. The molecular weight excluding hydrogens is 273 g/mol. The molecule has 5 nitrogen and oxygen atoms in total. The van der Waals surface area contributed by atoms with Crippen LogP contribution in [-0.4, -0.2) is 33.2 Å².